The summed E-state index contributed by atoms with van der Waals surface area (Å²) in [6.07, 6.45) is -0.0337. The summed E-state index contributed by atoms with van der Waals surface area (Å²) in [7, 11) is -3.68. The zero-order chi connectivity index (χ0) is 22.1. The third-order valence-corrected chi connectivity index (χ3v) is 5.75. The third kappa shape index (κ3) is 7.16. The number of nitrogens with one attached hydrogen (secondary N) is 3. The third-order valence-electron chi connectivity index (χ3n) is 4.29. The first-order valence-corrected chi connectivity index (χ1v) is 11.1. The lowest BCUT2D eigenvalue weighted by Crippen LogP contribution is -2.28. The Morgan fingerprint density at radius 3 is 2.47 bits per heavy atom. The van der Waals surface area contributed by atoms with Gasteiger partial charge in [0.2, 0.25) is 15.9 Å². The van der Waals surface area contributed by atoms with E-state index >= 15 is 0 Å². The summed E-state index contributed by atoms with van der Waals surface area (Å²) in [5.41, 5.74) is 2.38. The van der Waals surface area contributed by atoms with E-state index < -0.39 is 10.0 Å². The first-order valence-electron chi connectivity index (χ1n) is 9.57. The molecule has 0 aliphatic rings. The fourth-order valence-corrected chi connectivity index (χ4v) is 3.66. The predicted octanol–water partition coefficient (Wildman–Crippen LogP) is 2.13. The summed E-state index contributed by atoms with van der Waals surface area (Å²) >= 11 is 0. The average Bonchev–Trinajstić information content (AvgIpc) is 2.69. The fraction of sp³-hybridized carbons (Fsp3) is 0.333. The average molecular weight is 434 g/mol. The van der Waals surface area contributed by atoms with E-state index in [0.717, 1.165) is 11.1 Å². The van der Waals surface area contributed by atoms with E-state index in [0.29, 0.717) is 18.0 Å². The van der Waals surface area contributed by atoms with Crippen LogP contribution >= 0.6 is 0 Å². The minimum atomic E-state index is -3.68. The largest absolute Gasteiger partial charge is 0.484 e. The zero-order valence-corrected chi connectivity index (χ0v) is 18.1. The molecule has 2 amide bonds. The Balaban J connectivity index is 1.85. The van der Waals surface area contributed by atoms with Gasteiger partial charge in [-0.15, -0.1) is 0 Å². The molecule has 2 rings (SSSR count). The predicted molar refractivity (Wildman–Crippen MR) is 115 cm³/mol. The molecule has 30 heavy (non-hydrogen) atoms. The molecule has 3 N–H and O–H groups in total. The molecular weight excluding hydrogens is 406 g/mol. The van der Waals surface area contributed by atoms with E-state index in [4.69, 9.17) is 4.74 Å². The summed E-state index contributed by atoms with van der Waals surface area (Å²) in [5, 5.41) is 5.31. The SMILES string of the molecule is CCNC(=O)COc1cccc(NC(=O)CCNS(=O)(=O)c2ccc(C)c(C)c2)c1. The highest BCUT2D eigenvalue weighted by Crippen LogP contribution is 2.18. The van der Waals surface area contributed by atoms with Crippen molar-refractivity contribution >= 4 is 27.5 Å². The molecule has 0 atom stereocenters. The van der Waals surface area contributed by atoms with Gasteiger partial charge in [-0.1, -0.05) is 12.1 Å². The minimum absolute atomic E-state index is 0.0333. The van der Waals surface area contributed by atoms with Crippen LogP contribution in [0.3, 0.4) is 0 Å². The fourth-order valence-electron chi connectivity index (χ4n) is 2.55. The lowest BCUT2D eigenvalue weighted by atomic mass is 10.1. The minimum Gasteiger partial charge on any atom is -0.484 e. The number of sulfonamides is 1. The van der Waals surface area contributed by atoms with Gasteiger partial charge in [-0.05, 0) is 56.2 Å². The lowest BCUT2D eigenvalue weighted by molar-refractivity contribution is -0.123. The van der Waals surface area contributed by atoms with Crippen molar-refractivity contribution in [2.75, 3.05) is 25.0 Å². The van der Waals surface area contributed by atoms with Crippen LogP contribution in [0.15, 0.2) is 47.4 Å². The summed E-state index contributed by atoms with van der Waals surface area (Å²) in [5.74, 6) is -0.142. The highest BCUT2D eigenvalue weighted by molar-refractivity contribution is 7.89. The Morgan fingerprint density at radius 2 is 1.77 bits per heavy atom. The highest BCUT2D eigenvalue weighted by Gasteiger charge is 2.15. The van der Waals surface area contributed by atoms with Gasteiger partial charge in [-0.3, -0.25) is 9.59 Å². The number of carbonyl (C=O) groups is 2. The first kappa shape index (κ1) is 23.4. The lowest BCUT2D eigenvalue weighted by Gasteiger charge is -2.10. The molecule has 162 valence electrons. The van der Waals surface area contributed by atoms with Crippen molar-refractivity contribution in [3.63, 3.8) is 0 Å². The Hall–Kier alpha value is -2.91. The molecular formula is C21H27N3O5S. The second-order valence-corrected chi connectivity index (χ2v) is 8.48. The van der Waals surface area contributed by atoms with Gasteiger partial charge in [0.15, 0.2) is 6.61 Å². The molecule has 0 fully saturated rings. The molecule has 2 aromatic rings. The van der Waals surface area contributed by atoms with Crippen LogP contribution in [0.2, 0.25) is 0 Å². The second-order valence-electron chi connectivity index (χ2n) is 6.71. The van der Waals surface area contributed by atoms with Crippen LogP contribution in [-0.2, 0) is 19.6 Å². The number of carbonyl (C=O) groups excluding carboxylic acids is 2. The van der Waals surface area contributed by atoms with Crippen LogP contribution < -0.4 is 20.1 Å². The quantitative estimate of drug-likeness (QED) is 0.531. The van der Waals surface area contributed by atoms with Crippen LogP contribution in [0.4, 0.5) is 5.69 Å². The van der Waals surface area contributed by atoms with E-state index in [-0.39, 0.29) is 36.3 Å². The maximum atomic E-state index is 12.4. The summed E-state index contributed by atoms with van der Waals surface area (Å²) in [6.45, 7) is 5.93. The van der Waals surface area contributed by atoms with E-state index in [1.807, 2.05) is 20.8 Å². The zero-order valence-electron chi connectivity index (χ0n) is 17.3. The Labute approximate surface area is 177 Å². The molecule has 9 heteroatoms. The van der Waals surface area contributed by atoms with Crippen LogP contribution in [0.5, 0.6) is 5.75 Å². The summed E-state index contributed by atoms with van der Waals surface area (Å²) < 4.78 is 32.5. The number of amides is 2. The molecule has 2 aromatic carbocycles. The van der Waals surface area contributed by atoms with Crippen molar-refractivity contribution in [1.29, 1.82) is 0 Å². The number of benzene rings is 2. The van der Waals surface area contributed by atoms with E-state index in [9.17, 15) is 18.0 Å². The van der Waals surface area contributed by atoms with Gasteiger partial charge in [0.05, 0.1) is 4.90 Å². The number of likely N-dealkylation sites (N-methyl/N-ethyl adjacent to an activating group) is 1. The van der Waals surface area contributed by atoms with Gasteiger partial charge in [-0.25, -0.2) is 13.1 Å². The van der Waals surface area contributed by atoms with Crippen LogP contribution in [0.1, 0.15) is 24.5 Å². The maximum Gasteiger partial charge on any atom is 0.257 e. The summed E-state index contributed by atoms with van der Waals surface area (Å²) in [6, 6.07) is 11.5. The van der Waals surface area contributed by atoms with Crippen LogP contribution in [0, 0.1) is 13.8 Å². The van der Waals surface area contributed by atoms with E-state index in [1.165, 1.54) is 6.07 Å². The number of aryl methyl sites for hydroxylation is 2. The molecule has 0 bridgehead atoms. The summed E-state index contributed by atoms with van der Waals surface area (Å²) in [4.78, 5) is 23.8. The number of ether oxygens (including phenoxy) is 1. The van der Waals surface area contributed by atoms with Gasteiger partial charge in [0.25, 0.3) is 5.91 Å². The molecule has 0 saturated heterocycles. The Kier molecular flexibility index (Phi) is 8.37. The second kappa shape index (κ2) is 10.7. The molecule has 8 nitrogen and oxygen atoms in total. The topological polar surface area (TPSA) is 114 Å². The van der Waals surface area contributed by atoms with E-state index in [2.05, 4.69) is 15.4 Å². The van der Waals surface area contributed by atoms with Crippen molar-refractivity contribution in [2.45, 2.75) is 32.1 Å². The molecule has 0 radical (unpaired) electrons. The van der Waals surface area contributed by atoms with Crippen molar-refractivity contribution in [3.05, 3.63) is 53.6 Å². The van der Waals surface area contributed by atoms with Crippen LogP contribution in [0.25, 0.3) is 0 Å². The number of anilines is 1. The maximum absolute atomic E-state index is 12.4. The monoisotopic (exact) mass is 433 g/mol. The molecule has 0 aliphatic heterocycles. The molecule has 0 aromatic heterocycles. The normalized spacial score (nSPS) is 11.0. The molecule has 0 aliphatic carbocycles. The number of hydrogen-bond acceptors (Lipinski definition) is 5. The van der Waals surface area contributed by atoms with Gasteiger partial charge in [-0.2, -0.15) is 0 Å². The van der Waals surface area contributed by atoms with Crippen molar-refractivity contribution in [2.24, 2.45) is 0 Å². The van der Waals surface area contributed by atoms with Crippen molar-refractivity contribution in [3.8, 4) is 5.75 Å². The Bertz CT molecular complexity index is 1010. The van der Waals surface area contributed by atoms with Gasteiger partial charge in [0, 0.05) is 31.3 Å². The van der Waals surface area contributed by atoms with Crippen LogP contribution in [-0.4, -0.2) is 39.9 Å². The number of hydrogen-bond donors (Lipinski definition) is 3. The smallest absolute Gasteiger partial charge is 0.257 e. The highest BCUT2D eigenvalue weighted by atomic mass is 32.2. The Morgan fingerprint density at radius 1 is 1.00 bits per heavy atom. The standard InChI is InChI=1S/C21H27N3O5S/c1-4-22-21(26)14-29-18-7-5-6-17(13-18)24-20(25)10-11-23-30(27,28)19-9-8-15(2)16(3)12-19/h5-9,12-13,23H,4,10-11,14H2,1-3H3,(H,22,26)(H,24,25). The van der Waals surface area contributed by atoms with Gasteiger partial charge >= 0.3 is 0 Å². The molecule has 0 saturated carbocycles. The first-order chi connectivity index (χ1) is 14.2. The number of rotatable bonds is 10. The molecule has 0 spiro atoms. The van der Waals surface area contributed by atoms with Gasteiger partial charge < -0.3 is 15.4 Å². The van der Waals surface area contributed by atoms with Crippen molar-refractivity contribution < 1.29 is 22.7 Å². The van der Waals surface area contributed by atoms with E-state index in [1.54, 1.807) is 36.4 Å². The van der Waals surface area contributed by atoms with Gasteiger partial charge in [0.1, 0.15) is 5.75 Å². The van der Waals surface area contributed by atoms with Crippen molar-refractivity contribution in [1.82, 2.24) is 10.0 Å². The molecule has 0 unspecified atom stereocenters. The molecule has 0 heterocycles.